The van der Waals surface area contributed by atoms with Crippen LogP contribution >= 0.6 is 22.7 Å². The second-order valence-corrected chi connectivity index (χ2v) is 17.3. The summed E-state index contributed by atoms with van der Waals surface area (Å²) in [7, 11) is 0. The van der Waals surface area contributed by atoms with Crippen LogP contribution in [0.1, 0.15) is 23.7 Å². The third kappa shape index (κ3) is 5.25. The summed E-state index contributed by atoms with van der Waals surface area (Å²) in [5.41, 5.74) is 8.45. The SMILES string of the molecule is C1=CCC(C2NC(c3cccc4sc5cccc(-c6cccc7sc8ccc(-n9c%10ccccc%10c%10ccccc%109)cc8c67)c5c34)=NC(c3ccccc3)N2)C=C1. The molecule has 12 rings (SSSR count). The first-order valence-electron chi connectivity index (χ1n) is 19.6. The van der Waals surface area contributed by atoms with E-state index >= 15 is 0 Å². The molecule has 0 amide bonds. The van der Waals surface area contributed by atoms with Gasteiger partial charge in [-0.3, -0.25) is 5.32 Å². The highest BCUT2D eigenvalue weighted by Crippen LogP contribution is 2.47. The van der Waals surface area contributed by atoms with E-state index in [-0.39, 0.29) is 12.3 Å². The van der Waals surface area contributed by atoms with Crippen LogP contribution in [0.4, 0.5) is 0 Å². The van der Waals surface area contributed by atoms with Gasteiger partial charge in [-0.2, -0.15) is 0 Å². The summed E-state index contributed by atoms with van der Waals surface area (Å²) >= 11 is 3.75. The zero-order chi connectivity index (χ0) is 37.5. The van der Waals surface area contributed by atoms with Crippen LogP contribution in [-0.4, -0.2) is 16.6 Å². The summed E-state index contributed by atoms with van der Waals surface area (Å²) in [6.07, 6.45) is 9.72. The Morgan fingerprint density at radius 3 is 1.89 bits per heavy atom. The number of hydrogen-bond donors (Lipinski definition) is 2. The van der Waals surface area contributed by atoms with Gasteiger partial charge in [0.25, 0.3) is 0 Å². The number of thiophene rings is 2. The lowest BCUT2D eigenvalue weighted by Gasteiger charge is -2.36. The number of nitrogens with zero attached hydrogens (tertiary/aromatic N) is 2. The zero-order valence-electron chi connectivity index (χ0n) is 30.9. The second kappa shape index (κ2) is 13.1. The molecule has 2 aliphatic rings. The number of amidine groups is 1. The molecule has 2 N–H and O–H groups in total. The zero-order valence-corrected chi connectivity index (χ0v) is 32.5. The number of benzene rings is 7. The molecule has 57 heavy (non-hydrogen) atoms. The number of allylic oxidation sites excluding steroid dienone is 3. The summed E-state index contributed by atoms with van der Waals surface area (Å²) in [5.74, 6) is 1.24. The van der Waals surface area contributed by atoms with Crippen LogP contribution in [0.2, 0.25) is 0 Å². The molecule has 0 fully saturated rings. The van der Waals surface area contributed by atoms with E-state index in [1.165, 1.54) is 79.0 Å². The van der Waals surface area contributed by atoms with Crippen LogP contribution in [0.15, 0.2) is 181 Å². The van der Waals surface area contributed by atoms with E-state index in [9.17, 15) is 0 Å². The maximum absolute atomic E-state index is 5.42. The maximum atomic E-state index is 5.42. The van der Waals surface area contributed by atoms with Crippen LogP contribution in [0, 0.1) is 5.92 Å². The predicted octanol–water partition coefficient (Wildman–Crippen LogP) is 13.3. The molecule has 0 saturated heterocycles. The molecule has 1 aliphatic heterocycles. The smallest absolute Gasteiger partial charge is 0.132 e. The number of hydrogen-bond acceptors (Lipinski definition) is 5. The van der Waals surface area contributed by atoms with Gasteiger partial charge in [0.2, 0.25) is 0 Å². The Hall–Kier alpha value is -6.31. The van der Waals surface area contributed by atoms with Crippen molar-refractivity contribution in [2.45, 2.75) is 18.8 Å². The number of para-hydroxylation sites is 2. The predicted molar refractivity (Wildman–Crippen MR) is 244 cm³/mol. The van der Waals surface area contributed by atoms with E-state index in [2.05, 4.69) is 191 Å². The van der Waals surface area contributed by atoms with E-state index in [4.69, 9.17) is 4.99 Å². The van der Waals surface area contributed by atoms with Crippen molar-refractivity contribution < 1.29 is 0 Å². The average Bonchev–Trinajstić information content (AvgIpc) is 3.96. The highest BCUT2D eigenvalue weighted by atomic mass is 32.1. The van der Waals surface area contributed by atoms with Crippen molar-refractivity contribution in [2.24, 2.45) is 10.9 Å². The number of nitrogens with one attached hydrogen (secondary N) is 2. The Morgan fingerprint density at radius 1 is 0.544 bits per heavy atom. The van der Waals surface area contributed by atoms with Gasteiger partial charge in [-0.1, -0.05) is 127 Å². The van der Waals surface area contributed by atoms with Crippen molar-refractivity contribution in [3.05, 3.63) is 187 Å². The third-order valence-electron chi connectivity index (χ3n) is 11.8. The summed E-state index contributed by atoms with van der Waals surface area (Å²) in [6, 6.07) is 55.6. The lowest BCUT2D eigenvalue weighted by atomic mass is 9.93. The minimum Gasteiger partial charge on any atom is -0.354 e. The van der Waals surface area contributed by atoms with Gasteiger partial charge in [0.1, 0.15) is 12.0 Å². The largest absolute Gasteiger partial charge is 0.354 e. The van der Waals surface area contributed by atoms with Crippen molar-refractivity contribution in [3.63, 3.8) is 0 Å². The van der Waals surface area contributed by atoms with Crippen molar-refractivity contribution in [2.75, 3.05) is 0 Å². The number of aliphatic imine (C=N–C) groups is 1. The first-order valence-corrected chi connectivity index (χ1v) is 21.3. The van der Waals surface area contributed by atoms with Gasteiger partial charge >= 0.3 is 0 Å². The number of fused-ring (bicyclic) bond motifs is 9. The molecular formula is C51H36N4S2. The molecule has 0 bridgehead atoms. The molecule has 4 heterocycles. The third-order valence-corrected chi connectivity index (χ3v) is 14.1. The highest BCUT2D eigenvalue weighted by Gasteiger charge is 2.30. The quantitative estimate of drug-likeness (QED) is 0.183. The monoisotopic (exact) mass is 768 g/mol. The van der Waals surface area contributed by atoms with Gasteiger partial charge in [0.15, 0.2) is 0 Å². The van der Waals surface area contributed by atoms with Crippen LogP contribution in [0.5, 0.6) is 0 Å². The average molecular weight is 769 g/mol. The highest BCUT2D eigenvalue weighted by molar-refractivity contribution is 7.26. The fourth-order valence-electron chi connectivity index (χ4n) is 9.26. The first-order chi connectivity index (χ1) is 28.3. The normalized spacial score (nSPS) is 18.3. The molecular weight excluding hydrogens is 733 g/mol. The molecule has 0 spiro atoms. The second-order valence-electron chi connectivity index (χ2n) is 15.1. The van der Waals surface area contributed by atoms with Crippen LogP contribution < -0.4 is 10.6 Å². The molecule has 0 radical (unpaired) electrons. The lowest BCUT2D eigenvalue weighted by Crippen LogP contribution is -2.54. The van der Waals surface area contributed by atoms with Gasteiger partial charge < -0.3 is 9.88 Å². The van der Waals surface area contributed by atoms with E-state index < -0.39 is 0 Å². The Morgan fingerprint density at radius 2 is 1.18 bits per heavy atom. The molecule has 3 aromatic heterocycles. The Balaban J connectivity index is 1.07. The molecule has 3 atom stereocenters. The van der Waals surface area contributed by atoms with E-state index in [1.807, 2.05) is 22.7 Å². The Bertz CT molecular complexity index is 3250. The molecule has 6 heteroatoms. The molecule has 7 aromatic carbocycles. The Kier molecular flexibility index (Phi) is 7.58. The fourth-order valence-corrected chi connectivity index (χ4v) is 11.5. The van der Waals surface area contributed by atoms with Gasteiger partial charge in [-0.15, -0.1) is 22.7 Å². The lowest BCUT2D eigenvalue weighted by molar-refractivity contribution is 0.328. The first kappa shape index (κ1) is 32.9. The maximum Gasteiger partial charge on any atom is 0.132 e. The van der Waals surface area contributed by atoms with Gasteiger partial charge in [0, 0.05) is 68.3 Å². The standard InChI is InChI=1S/C51H36N4S2/c1-3-14-31(15-4-1)49-52-50(32-16-5-2-6-17-32)54-51(53-49)38-22-13-27-45-48(38)47-37(21-12-26-44(47)57-45)36-20-11-25-43-46(36)39-30-33(28-29-42(39)56-43)55-40-23-9-7-18-34(40)35-19-8-10-24-41(35)55/h1-16,18-30,32,49-50,52H,17H2,(H,53,54). The summed E-state index contributed by atoms with van der Waals surface area (Å²) in [5, 5.41) is 15.4. The number of aromatic nitrogens is 1. The summed E-state index contributed by atoms with van der Waals surface area (Å²) in [6.45, 7) is 0. The van der Waals surface area contributed by atoms with Gasteiger partial charge in [-0.05, 0) is 71.6 Å². The van der Waals surface area contributed by atoms with E-state index in [1.54, 1.807) is 0 Å². The van der Waals surface area contributed by atoms with Crippen LogP contribution in [0.25, 0.3) is 79.0 Å². The van der Waals surface area contributed by atoms with Crippen molar-refractivity contribution in [1.29, 1.82) is 0 Å². The summed E-state index contributed by atoms with van der Waals surface area (Å²) in [4.78, 5) is 5.42. The van der Waals surface area contributed by atoms with E-state index in [0.717, 1.165) is 23.4 Å². The minimum atomic E-state index is -0.166. The topological polar surface area (TPSA) is 41.4 Å². The Labute approximate surface area is 337 Å². The fraction of sp³-hybridized carbons (Fsp3) is 0.0784. The van der Waals surface area contributed by atoms with Crippen LogP contribution in [-0.2, 0) is 0 Å². The van der Waals surface area contributed by atoms with Crippen LogP contribution in [0.3, 0.4) is 0 Å². The summed E-state index contributed by atoms with van der Waals surface area (Å²) < 4.78 is 7.57. The minimum absolute atomic E-state index is 0.0261. The van der Waals surface area contributed by atoms with Crippen molar-refractivity contribution >= 4 is 90.7 Å². The van der Waals surface area contributed by atoms with Crippen molar-refractivity contribution in [3.8, 4) is 16.8 Å². The molecule has 272 valence electrons. The number of rotatable bonds is 5. The molecule has 0 saturated carbocycles. The molecule has 10 aromatic rings. The van der Waals surface area contributed by atoms with Gasteiger partial charge in [-0.25, -0.2) is 4.99 Å². The van der Waals surface area contributed by atoms with Gasteiger partial charge in [0.05, 0.1) is 17.2 Å². The van der Waals surface area contributed by atoms with Crippen molar-refractivity contribution in [1.82, 2.24) is 15.2 Å². The molecule has 1 aliphatic carbocycles. The molecule has 3 unspecified atom stereocenters. The molecule has 4 nitrogen and oxygen atoms in total. The van der Waals surface area contributed by atoms with E-state index in [0.29, 0.717) is 5.92 Å².